The molecule has 1 N–H and O–H groups in total. The van der Waals surface area contributed by atoms with Crippen molar-refractivity contribution in [2.75, 3.05) is 0 Å². The zero-order valence-electron chi connectivity index (χ0n) is 10.1. The summed E-state index contributed by atoms with van der Waals surface area (Å²) in [6.45, 7) is 6.12. The second-order valence-corrected chi connectivity index (χ2v) is 4.75. The zero-order valence-corrected chi connectivity index (χ0v) is 10.9. The van der Waals surface area contributed by atoms with Crippen LogP contribution in [0.1, 0.15) is 37.7 Å². The Kier molecular flexibility index (Phi) is 4.75. The fraction of sp³-hybridized carbons (Fsp3) is 0.500. The number of carboxylic acids is 1. The lowest BCUT2D eigenvalue weighted by Gasteiger charge is -2.16. The first-order valence-electron chi connectivity index (χ1n) is 5.46. The molecule has 0 radical (unpaired) electrons. The molecule has 0 spiro atoms. The van der Waals surface area contributed by atoms with Crippen molar-refractivity contribution in [3.05, 3.63) is 22.8 Å². The van der Waals surface area contributed by atoms with Crippen molar-refractivity contribution in [3.8, 4) is 5.88 Å². The van der Waals surface area contributed by atoms with E-state index >= 15 is 0 Å². The Balaban J connectivity index is 2.79. The molecule has 4 nitrogen and oxygen atoms in total. The van der Waals surface area contributed by atoms with E-state index in [-0.39, 0.29) is 16.8 Å². The molecule has 5 heteroatoms. The second-order valence-electron chi connectivity index (χ2n) is 4.34. The summed E-state index contributed by atoms with van der Waals surface area (Å²) in [4.78, 5) is 14.7. The molecule has 0 saturated carbocycles. The lowest BCUT2D eigenvalue weighted by atomic mass is 10.1. The van der Waals surface area contributed by atoms with Gasteiger partial charge in [0, 0.05) is 6.07 Å². The van der Waals surface area contributed by atoms with E-state index in [4.69, 9.17) is 21.4 Å². The van der Waals surface area contributed by atoms with Crippen molar-refractivity contribution in [3.63, 3.8) is 0 Å². The minimum absolute atomic E-state index is 0.00896. The van der Waals surface area contributed by atoms with Gasteiger partial charge in [0.05, 0.1) is 11.1 Å². The molecule has 0 aliphatic heterocycles. The molecule has 17 heavy (non-hydrogen) atoms. The van der Waals surface area contributed by atoms with Gasteiger partial charge in [0.1, 0.15) is 0 Å². The summed E-state index contributed by atoms with van der Waals surface area (Å²) in [5.74, 6) is -0.354. The van der Waals surface area contributed by atoms with Gasteiger partial charge in [-0.05, 0) is 25.3 Å². The number of aromatic carboxylic acids is 1. The Morgan fingerprint density at radius 1 is 1.47 bits per heavy atom. The molecule has 0 aromatic carbocycles. The highest BCUT2D eigenvalue weighted by atomic mass is 35.5. The minimum atomic E-state index is -1.16. The first kappa shape index (κ1) is 13.8. The molecule has 94 valence electrons. The molecule has 0 aliphatic carbocycles. The molecule has 0 aliphatic rings. The van der Waals surface area contributed by atoms with E-state index in [1.54, 1.807) is 6.07 Å². The predicted molar refractivity (Wildman–Crippen MR) is 65.8 cm³/mol. The van der Waals surface area contributed by atoms with Crippen LogP contribution in [0, 0.1) is 5.92 Å². The third kappa shape index (κ3) is 4.23. The quantitative estimate of drug-likeness (QED) is 0.880. The summed E-state index contributed by atoms with van der Waals surface area (Å²) >= 11 is 5.71. The van der Waals surface area contributed by atoms with E-state index in [1.165, 1.54) is 6.07 Å². The highest BCUT2D eigenvalue weighted by molar-refractivity contribution is 6.33. The molecule has 0 saturated heterocycles. The number of hydrogen-bond donors (Lipinski definition) is 1. The molecule has 1 aromatic rings. The number of halogens is 1. The number of ether oxygens (including phenoxy) is 1. The monoisotopic (exact) mass is 257 g/mol. The number of rotatable bonds is 5. The molecule has 0 bridgehead atoms. The standard InChI is InChI=1S/C12H16ClNO3/c1-7(2)6-8(3)17-10-5-4-9(13)11(14-10)12(15)16/h4-5,7-8H,6H2,1-3H3,(H,15,16). The van der Waals surface area contributed by atoms with Gasteiger partial charge in [0.15, 0.2) is 5.69 Å². The van der Waals surface area contributed by atoms with Crippen LogP contribution in [0.3, 0.4) is 0 Å². The van der Waals surface area contributed by atoms with Gasteiger partial charge in [-0.15, -0.1) is 0 Å². The van der Waals surface area contributed by atoms with E-state index < -0.39 is 5.97 Å². The molecule has 1 atom stereocenters. The van der Waals surface area contributed by atoms with Crippen LogP contribution in [0.2, 0.25) is 5.02 Å². The first-order valence-corrected chi connectivity index (χ1v) is 5.84. The van der Waals surface area contributed by atoms with Gasteiger partial charge in [-0.25, -0.2) is 9.78 Å². The average Bonchev–Trinajstić information content (AvgIpc) is 2.19. The van der Waals surface area contributed by atoms with Gasteiger partial charge in [-0.3, -0.25) is 0 Å². The Hall–Kier alpha value is -1.29. The first-order chi connectivity index (χ1) is 7.90. The molecule has 1 aromatic heterocycles. The molecule has 1 heterocycles. The number of carboxylic acid groups (broad SMARTS) is 1. The molecule has 0 fully saturated rings. The summed E-state index contributed by atoms with van der Waals surface area (Å²) in [5, 5.41) is 8.98. The summed E-state index contributed by atoms with van der Waals surface area (Å²) in [6.07, 6.45) is 0.873. The molecule has 1 rings (SSSR count). The Morgan fingerprint density at radius 3 is 2.65 bits per heavy atom. The van der Waals surface area contributed by atoms with E-state index in [2.05, 4.69) is 18.8 Å². The smallest absolute Gasteiger partial charge is 0.356 e. The Labute approximate surface area is 106 Å². The van der Waals surface area contributed by atoms with Crippen LogP contribution in [0.4, 0.5) is 0 Å². The van der Waals surface area contributed by atoms with Crippen molar-refractivity contribution >= 4 is 17.6 Å². The van der Waals surface area contributed by atoms with Gasteiger partial charge in [0.25, 0.3) is 0 Å². The normalized spacial score (nSPS) is 12.5. The average molecular weight is 258 g/mol. The van der Waals surface area contributed by atoms with Gasteiger partial charge in [-0.2, -0.15) is 0 Å². The van der Waals surface area contributed by atoms with Crippen LogP contribution in [0.5, 0.6) is 5.88 Å². The number of carbonyl (C=O) groups is 1. The lowest BCUT2D eigenvalue weighted by molar-refractivity contribution is 0.0688. The van der Waals surface area contributed by atoms with Crippen LogP contribution in [-0.2, 0) is 0 Å². The van der Waals surface area contributed by atoms with E-state index in [9.17, 15) is 4.79 Å². The number of aromatic nitrogens is 1. The lowest BCUT2D eigenvalue weighted by Crippen LogP contribution is -2.16. The van der Waals surface area contributed by atoms with Crippen LogP contribution < -0.4 is 4.74 Å². The van der Waals surface area contributed by atoms with E-state index in [0.29, 0.717) is 11.8 Å². The summed E-state index contributed by atoms with van der Waals surface area (Å²) < 4.78 is 5.54. The van der Waals surface area contributed by atoms with Gasteiger partial charge in [0.2, 0.25) is 5.88 Å². The SMILES string of the molecule is CC(C)CC(C)Oc1ccc(Cl)c(C(=O)O)n1. The van der Waals surface area contributed by atoms with Crippen molar-refractivity contribution < 1.29 is 14.6 Å². The maximum absolute atomic E-state index is 10.8. The summed E-state index contributed by atoms with van der Waals surface area (Å²) in [5.41, 5.74) is -0.180. The molecular weight excluding hydrogens is 242 g/mol. The minimum Gasteiger partial charge on any atom is -0.476 e. The number of pyridine rings is 1. The van der Waals surface area contributed by atoms with Crippen LogP contribution >= 0.6 is 11.6 Å². The number of nitrogens with zero attached hydrogens (tertiary/aromatic N) is 1. The highest BCUT2D eigenvalue weighted by Gasteiger charge is 2.14. The fourth-order valence-electron chi connectivity index (χ4n) is 1.56. The zero-order chi connectivity index (χ0) is 13.0. The summed E-state index contributed by atoms with van der Waals surface area (Å²) in [7, 11) is 0. The predicted octanol–water partition coefficient (Wildman–Crippen LogP) is 3.25. The molecule has 0 amide bonds. The Morgan fingerprint density at radius 2 is 2.12 bits per heavy atom. The Bertz CT molecular complexity index is 407. The molecular formula is C12H16ClNO3. The second kappa shape index (κ2) is 5.87. The van der Waals surface area contributed by atoms with Crippen molar-refractivity contribution in [1.29, 1.82) is 0 Å². The fourth-order valence-corrected chi connectivity index (χ4v) is 1.74. The van der Waals surface area contributed by atoms with Crippen molar-refractivity contribution in [2.45, 2.75) is 33.3 Å². The van der Waals surface area contributed by atoms with Crippen LogP contribution in [-0.4, -0.2) is 22.2 Å². The van der Waals surface area contributed by atoms with Gasteiger partial charge < -0.3 is 9.84 Å². The number of hydrogen-bond acceptors (Lipinski definition) is 3. The van der Waals surface area contributed by atoms with E-state index in [0.717, 1.165) is 6.42 Å². The maximum Gasteiger partial charge on any atom is 0.356 e. The van der Waals surface area contributed by atoms with Crippen molar-refractivity contribution in [2.24, 2.45) is 5.92 Å². The van der Waals surface area contributed by atoms with Gasteiger partial charge >= 0.3 is 5.97 Å². The topological polar surface area (TPSA) is 59.4 Å². The van der Waals surface area contributed by atoms with Crippen LogP contribution in [0.15, 0.2) is 12.1 Å². The third-order valence-corrected chi connectivity index (χ3v) is 2.45. The third-order valence-electron chi connectivity index (χ3n) is 2.15. The largest absolute Gasteiger partial charge is 0.476 e. The highest BCUT2D eigenvalue weighted by Crippen LogP contribution is 2.20. The van der Waals surface area contributed by atoms with Crippen molar-refractivity contribution in [1.82, 2.24) is 4.98 Å². The molecule has 1 unspecified atom stereocenters. The van der Waals surface area contributed by atoms with E-state index in [1.807, 2.05) is 6.92 Å². The summed E-state index contributed by atoms with van der Waals surface area (Å²) in [6, 6.07) is 3.06. The maximum atomic E-state index is 10.8. The van der Waals surface area contributed by atoms with Gasteiger partial charge in [-0.1, -0.05) is 25.4 Å². The van der Waals surface area contributed by atoms with Crippen LogP contribution in [0.25, 0.3) is 0 Å².